The van der Waals surface area contributed by atoms with Crippen molar-refractivity contribution in [1.82, 2.24) is 10.2 Å². The highest BCUT2D eigenvalue weighted by Crippen LogP contribution is 2.36. The highest BCUT2D eigenvalue weighted by molar-refractivity contribution is 7.92. The first-order valence-corrected chi connectivity index (χ1v) is 14.9. The van der Waals surface area contributed by atoms with E-state index < -0.39 is 28.5 Å². The highest BCUT2D eigenvalue weighted by Gasteiger charge is 2.34. The SMILES string of the molecule is CC[C@@H](C)NC(=O)[C@H](C)N(Cc1cccc(C)c1)C(=O)CN(c1cc(OC)ccc1OC)S(=O)(=O)c1ccccc1. The molecule has 0 aliphatic rings. The standard InChI is InChI=1S/C31H39N3O6S/c1-7-23(3)32-31(36)24(4)33(20-25-13-11-12-22(2)18-25)30(35)21-34(41(37,38)27-14-9-8-10-15-27)28-19-26(39-5)16-17-29(28)40-6/h8-19,23-24H,7,20-21H2,1-6H3,(H,32,36)/t23-,24+/m1/s1. The number of hydrogen-bond donors (Lipinski definition) is 1. The van der Waals surface area contributed by atoms with E-state index >= 15 is 0 Å². The fourth-order valence-corrected chi connectivity index (χ4v) is 5.72. The van der Waals surface area contributed by atoms with Crippen LogP contribution in [0.15, 0.2) is 77.7 Å². The lowest BCUT2D eigenvalue weighted by Crippen LogP contribution is -2.52. The Morgan fingerprint density at radius 3 is 2.24 bits per heavy atom. The Bertz CT molecular complexity index is 1450. The zero-order chi connectivity index (χ0) is 30.2. The molecule has 2 atom stereocenters. The van der Waals surface area contributed by atoms with Gasteiger partial charge in [0.05, 0.1) is 24.8 Å². The van der Waals surface area contributed by atoms with E-state index in [1.165, 1.54) is 37.3 Å². The molecular formula is C31H39N3O6S. The lowest BCUT2D eigenvalue weighted by atomic mass is 10.1. The molecule has 0 aromatic heterocycles. The summed E-state index contributed by atoms with van der Waals surface area (Å²) >= 11 is 0. The van der Waals surface area contributed by atoms with Gasteiger partial charge in [0.2, 0.25) is 11.8 Å². The summed E-state index contributed by atoms with van der Waals surface area (Å²) in [6.07, 6.45) is 0.725. The van der Waals surface area contributed by atoms with Gasteiger partial charge in [-0.15, -0.1) is 0 Å². The molecule has 0 spiro atoms. The first-order valence-electron chi connectivity index (χ1n) is 13.5. The normalized spacial score (nSPS) is 12.6. The Labute approximate surface area is 243 Å². The second-order valence-electron chi connectivity index (χ2n) is 9.87. The Morgan fingerprint density at radius 2 is 1.63 bits per heavy atom. The van der Waals surface area contributed by atoms with Crippen LogP contribution in [0.5, 0.6) is 11.5 Å². The van der Waals surface area contributed by atoms with E-state index in [4.69, 9.17) is 9.47 Å². The number of ether oxygens (including phenoxy) is 2. The number of methoxy groups -OCH3 is 2. The van der Waals surface area contributed by atoms with Gasteiger partial charge in [0.1, 0.15) is 24.1 Å². The summed E-state index contributed by atoms with van der Waals surface area (Å²) < 4.78 is 39.9. The predicted octanol–water partition coefficient (Wildman–Crippen LogP) is 4.54. The van der Waals surface area contributed by atoms with E-state index in [9.17, 15) is 18.0 Å². The molecule has 1 N–H and O–H groups in total. The van der Waals surface area contributed by atoms with E-state index in [1.807, 2.05) is 45.0 Å². The van der Waals surface area contributed by atoms with Gasteiger partial charge >= 0.3 is 0 Å². The van der Waals surface area contributed by atoms with Crippen LogP contribution in [-0.2, 0) is 26.2 Å². The molecule has 0 saturated heterocycles. The van der Waals surface area contributed by atoms with Crippen molar-refractivity contribution in [2.75, 3.05) is 25.1 Å². The van der Waals surface area contributed by atoms with Gasteiger partial charge in [0.25, 0.3) is 10.0 Å². The van der Waals surface area contributed by atoms with E-state index in [2.05, 4.69) is 5.32 Å². The monoisotopic (exact) mass is 581 g/mol. The molecule has 9 nitrogen and oxygen atoms in total. The molecule has 0 fully saturated rings. The number of anilines is 1. The second-order valence-corrected chi connectivity index (χ2v) is 11.7. The average molecular weight is 582 g/mol. The third-order valence-corrected chi connectivity index (χ3v) is 8.64. The first kappa shape index (κ1) is 31.5. The summed E-state index contributed by atoms with van der Waals surface area (Å²) in [5, 5.41) is 2.94. The van der Waals surface area contributed by atoms with Gasteiger partial charge in [-0.2, -0.15) is 0 Å². The number of amides is 2. The van der Waals surface area contributed by atoms with Crippen molar-refractivity contribution in [2.24, 2.45) is 0 Å². The Balaban J connectivity index is 2.10. The fraction of sp³-hybridized carbons (Fsp3) is 0.355. The van der Waals surface area contributed by atoms with Crippen LogP contribution < -0.4 is 19.1 Å². The Kier molecular flexibility index (Phi) is 10.8. The minimum Gasteiger partial charge on any atom is -0.497 e. The minimum atomic E-state index is -4.24. The topological polar surface area (TPSA) is 105 Å². The van der Waals surface area contributed by atoms with Gasteiger partial charge < -0.3 is 19.7 Å². The lowest BCUT2D eigenvalue weighted by Gasteiger charge is -2.33. The van der Waals surface area contributed by atoms with Crippen LogP contribution in [0.1, 0.15) is 38.3 Å². The summed E-state index contributed by atoms with van der Waals surface area (Å²) in [4.78, 5) is 28.7. The van der Waals surface area contributed by atoms with Crippen LogP contribution in [0, 0.1) is 6.92 Å². The van der Waals surface area contributed by atoms with Crippen LogP contribution in [0.25, 0.3) is 0 Å². The zero-order valence-electron chi connectivity index (χ0n) is 24.5. The van der Waals surface area contributed by atoms with Crippen molar-refractivity contribution >= 4 is 27.5 Å². The molecule has 220 valence electrons. The quantitative estimate of drug-likeness (QED) is 0.318. The maximum Gasteiger partial charge on any atom is 0.264 e. The number of nitrogens with zero attached hydrogens (tertiary/aromatic N) is 2. The number of benzene rings is 3. The Morgan fingerprint density at radius 1 is 0.927 bits per heavy atom. The van der Waals surface area contributed by atoms with E-state index in [0.29, 0.717) is 5.75 Å². The van der Waals surface area contributed by atoms with Crippen molar-refractivity contribution in [3.63, 3.8) is 0 Å². The van der Waals surface area contributed by atoms with Gasteiger partial charge in [0.15, 0.2) is 0 Å². The molecule has 0 heterocycles. The molecule has 3 aromatic rings. The molecular weight excluding hydrogens is 542 g/mol. The Hall–Kier alpha value is -4.05. The maximum absolute atomic E-state index is 14.1. The van der Waals surface area contributed by atoms with E-state index in [0.717, 1.165) is 21.9 Å². The van der Waals surface area contributed by atoms with Crippen LogP contribution >= 0.6 is 0 Å². The molecule has 0 saturated carbocycles. The fourth-order valence-electron chi connectivity index (χ4n) is 4.28. The van der Waals surface area contributed by atoms with Gasteiger partial charge in [-0.25, -0.2) is 8.42 Å². The van der Waals surface area contributed by atoms with E-state index in [-0.39, 0.29) is 34.8 Å². The summed E-state index contributed by atoms with van der Waals surface area (Å²) in [5.41, 5.74) is 1.95. The molecule has 0 aliphatic carbocycles. The average Bonchev–Trinajstić information content (AvgIpc) is 2.98. The van der Waals surface area contributed by atoms with Crippen LogP contribution in [-0.4, -0.2) is 58.0 Å². The van der Waals surface area contributed by atoms with Crippen molar-refractivity contribution in [3.8, 4) is 11.5 Å². The molecule has 3 rings (SSSR count). The zero-order valence-corrected chi connectivity index (χ0v) is 25.3. The van der Waals surface area contributed by atoms with Crippen molar-refractivity contribution < 1.29 is 27.5 Å². The van der Waals surface area contributed by atoms with Gasteiger partial charge in [-0.3, -0.25) is 13.9 Å². The van der Waals surface area contributed by atoms with Crippen LogP contribution in [0.4, 0.5) is 5.69 Å². The van der Waals surface area contributed by atoms with Gasteiger partial charge in [0, 0.05) is 18.7 Å². The maximum atomic E-state index is 14.1. The van der Waals surface area contributed by atoms with Crippen molar-refractivity contribution in [2.45, 2.75) is 57.6 Å². The molecule has 0 radical (unpaired) electrons. The number of rotatable bonds is 13. The summed E-state index contributed by atoms with van der Waals surface area (Å²) in [5.74, 6) is -0.246. The van der Waals surface area contributed by atoms with E-state index in [1.54, 1.807) is 37.3 Å². The van der Waals surface area contributed by atoms with Gasteiger partial charge in [-0.1, -0.05) is 55.0 Å². The summed E-state index contributed by atoms with van der Waals surface area (Å²) in [6.45, 7) is 6.98. The molecule has 3 aromatic carbocycles. The molecule has 0 unspecified atom stereocenters. The lowest BCUT2D eigenvalue weighted by molar-refractivity contribution is -0.139. The molecule has 2 amide bonds. The largest absolute Gasteiger partial charge is 0.497 e. The molecule has 0 aliphatic heterocycles. The highest BCUT2D eigenvalue weighted by atomic mass is 32.2. The third kappa shape index (κ3) is 7.79. The molecule has 41 heavy (non-hydrogen) atoms. The smallest absolute Gasteiger partial charge is 0.264 e. The van der Waals surface area contributed by atoms with Crippen molar-refractivity contribution in [3.05, 3.63) is 83.9 Å². The van der Waals surface area contributed by atoms with Crippen molar-refractivity contribution in [1.29, 1.82) is 0 Å². The van der Waals surface area contributed by atoms with Crippen LogP contribution in [0.3, 0.4) is 0 Å². The number of carbonyl (C=O) groups is 2. The number of carbonyl (C=O) groups excluding carboxylic acids is 2. The molecule has 10 heteroatoms. The summed E-state index contributed by atoms with van der Waals surface area (Å²) in [6, 6.07) is 19.3. The summed E-state index contributed by atoms with van der Waals surface area (Å²) in [7, 11) is -1.35. The number of sulfonamides is 1. The number of hydrogen-bond acceptors (Lipinski definition) is 6. The third-order valence-electron chi connectivity index (χ3n) is 6.87. The van der Waals surface area contributed by atoms with Crippen LogP contribution in [0.2, 0.25) is 0 Å². The van der Waals surface area contributed by atoms with Gasteiger partial charge in [-0.05, 0) is 57.0 Å². The second kappa shape index (κ2) is 14.0. The minimum absolute atomic E-state index is 0.00506. The number of aryl methyl sites for hydroxylation is 1. The molecule has 0 bridgehead atoms. The first-order chi connectivity index (χ1) is 19.5. The predicted molar refractivity (Wildman–Crippen MR) is 160 cm³/mol. The number of nitrogens with one attached hydrogen (secondary N) is 1.